The summed E-state index contributed by atoms with van der Waals surface area (Å²) in [7, 11) is 2.69. The number of nitrogens with zero attached hydrogens (tertiary/aromatic N) is 1. The fourth-order valence-electron chi connectivity index (χ4n) is 3.92. The van der Waals surface area contributed by atoms with Crippen molar-refractivity contribution < 1.29 is 24.2 Å². The quantitative estimate of drug-likeness (QED) is 0.638. The number of anilines is 1. The normalized spacial score (nSPS) is 14.2. The number of hydrogen-bond donors (Lipinski definition) is 1. The molecule has 2 aromatic rings. The van der Waals surface area contributed by atoms with Gasteiger partial charge in [0.25, 0.3) is 5.91 Å². The number of carbonyl (C=O) groups excluding carboxylic acids is 1. The monoisotopic (exact) mass is 441 g/mol. The lowest BCUT2D eigenvalue weighted by molar-refractivity contribution is -0.136. The third-order valence-electron chi connectivity index (χ3n) is 5.15. The van der Waals surface area contributed by atoms with E-state index in [-0.39, 0.29) is 12.3 Å². The molecule has 31 heavy (non-hydrogen) atoms. The molecule has 6 nitrogen and oxygen atoms in total. The smallest absolute Gasteiger partial charge is 0.307 e. The van der Waals surface area contributed by atoms with Gasteiger partial charge in [0.15, 0.2) is 0 Å². The summed E-state index contributed by atoms with van der Waals surface area (Å²) < 4.78 is 12.0. The number of fused-ring (bicyclic) bond motifs is 1. The van der Waals surface area contributed by atoms with Crippen molar-refractivity contribution in [3.05, 3.63) is 51.4 Å². The Hall–Kier alpha value is -2.85. The molecule has 1 amide bonds. The number of hydrogen-bond acceptors (Lipinski definition) is 4. The maximum absolute atomic E-state index is 13.5. The summed E-state index contributed by atoms with van der Waals surface area (Å²) in [6, 6.07) is 7.05. The van der Waals surface area contributed by atoms with E-state index in [1.165, 1.54) is 0 Å². The lowest BCUT2D eigenvalue weighted by Gasteiger charge is -2.16. The zero-order valence-electron chi connectivity index (χ0n) is 18.1. The van der Waals surface area contributed by atoms with Crippen LogP contribution in [-0.4, -0.2) is 36.4 Å². The molecule has 0 aliphatic carbocycles. The summed E-state index contributed by atoms with van der Waals surface area (Å²) >= 11 is 0. The zero-order chi connectivity index (χ0) is 22.5. The molecule has 0 saturated heterocycles. The first-order chi connectivity index (χ1) is 15.0. The third kappa shape index (κ3) is 4.45. The average Bonchev–Trinajstić information content (AvgIpc) is 3.08. The van der Waals surface area contributed by atoms with Gasteiger partial charge in [-0.1, -0.05) is 24.3 Å². The van der Waals surface area contributed by atoms with Crippen molar-refractivity contribution in [3.8, 4) is 11.5 Å². The number of carboxylic acids is 1. The summed E-state index contributed by atoms with van der Waals surface area (Å²) in [5.74, 6) is 0.269. The molecule has 0 radical (unpaired) electrons. The van der Waals surface area contributed by atoms with E-state index in [2.05, 4.69) is 15.3 Å². The molecule has 164 valence electrons. The van der Waals surface area contributed by atoms with Crippen LogP contribution >= 0.6 is 9.24 Å². The van der Waals surface area contributed by atoms with Gasteiger partial charge >= 0.3 is 5.97 Å². The van der Waals surface area contributed by atoms with Crippen molar-refractivity contribution in [1.82, 2.24) is 0 Å². The van der Waals surface area contributed by atoms with Crippen molar-refractivity contribution in [2.24, 2.45) is 0 Å². The highest BCUT2D eigenvalue weighted by atomic mass is 31.0. The zero-order valence-corrected chi connectivity index (χ0v) is 19.3. The number of ether oxygens (including phenoxy) is 2. The molecule has 0 fully saturated rings. The van der Waals surface area contributed by atoms with Crippen molar-refractivity contribution >= 4 is 39.0 Å². The standard InChI is InChI=1S/C24H28NO5P/c1-4-17-18(11-12-31)22(29-5-2)19-14-25(24(28)21(19)23(17)30-6-3)16-9-7-15(8-10-16)13-20(26)27/h4,7-11H,5-6,12-14,31H2,1-3H3,(H,26,27)/b17-4+,18-11+. The second-order valence-corrected chi connectivity index (χ2v) is 7.53. The van der Waals surface area contributed by atoms with Crippen LogP contribution in [0.2, 0.25) is 0 Å². The van der Waals surface area contributed by atoms with Gasteiger partial charge in [0.1, 0.15) is 11.5 Å². The van der Waals surface area contributed by atoms with E-state index < -0.39 is 5.97 Å². The fourth-order valence-corrected chi connectivity index (χ4v) is 4.16. The number of carbonyl (C=O) groups is 2. The second kappa shape index (κ2) is 9.97. The molecule has 1 unspecified atom stereocenters. The Morgan fingerprint density at radius 1 is 1.13 bits per heavy atom. The first-order valence-corrected chi connectivity index (χ1v) is 11.2. The van der Waals surface area contributed by atoms with Gasteiger partial charge in [0.2, 0.25) is 0 Å². The minimum absolute atomic E-state index is 0.0542. The van der Waals surface area contributed by atoms with Gasteiger partial charge < -0.3 is 19.5 Å². The highest BCUT2D eigenvalue weighted by Crippen LogP contribution is 2.36. The molecule has 1 heterocycles. The van der Waals surface area contributed by atoms with E-state index in [4.69, 9.17) is 14.6 Å². The predicted molar refractivity (Wildman–Crippen MR) is 126 cm³/mol. The Labute approximate surface area is 184 Å². The average molecular weight is 441 g/mol. The summed E-state index contributed by atoms with van der Waals surface area (Å²) in [5.41, 5.74) is 2.75. The van der Waals surface area contributed by atoms with Gasteiger partial charge in [-0.05, 0) is 44.6 Å². The van der Waals surface area contributed by atoms with E-state index in [0.717, 1.165) is 27.9 Å². The largest absolute Gasteiger partial charge is 0.493 e. The number of benzene rings is 2. The van der Waals surface area contributed by atoms with E-state index in [1.807, 2.05) is 26.8 Å². The lowest BCUT2D eigenvalue weighted by atomic mass is 10.0. The van der Waals surface area contributed by atoms with Crippen LogP contribution < -0.4 is 24.8 Å². The molecular weight excluding hydrogens is 413 g/mol. The molecule has 1 aliphatic heterocycles. The van der Waals surface area contributed by atoms with E-state index in [0.29, 0.717) is 42.3 Å². The highest BCUT2D eigenvalue weighted by molar-refractivity contribution is 7.17. The molecule has 2 aromatic carbocycles. The maximum Gasteiger partial charge on any atom is 0.307 e. The molecular formula is C24H28NO5P. The minimum Gasteiger partial charge on any atom is -0.493 e. The first kappa shape index (κ1) is 22.8. The molecule has 1 N–H and O–H groups in total. The van der Waals surface area contributed by atoms with Crippen LogP contribution in [0, 0.1) is 0 Å². The molecule has 1 aliphatic rings. The third-order valence-corrected chi connectivity index (χ3v) is 5.38. The molecule has 7 heteroatoms. The van der Waals surface area contributed by atoms with Crippen LogP contribution in [-0.2, 0) is 17.8 Å². The Bertz CT molecular complexity index is 1110. The highest BCUT2D eigenvalue weighted by Gasteiger charge is 2.36. The van der Waals surface area contributed by atoms with Gasteiger partial charge in [0.05, 0.1) is 31.7 Å². The van der Waals surface area contributed by atoms with Gasteiger partial charge in [-0.3, -0.25) is 9.59 Å². The van der Waals surface area contributed by atoms with E-state index >= 15 is 0 Å². The van der Waals surface area contributed by atoms with Gasteiger partial charge in [-0.2, -0.15) is 0 Å². The Balaban J connectivity index is 2.18. The van der Waals surface area contributed by atoms with Crippen LogP contribution in [0.25, 0.3) is 12.2 Å². The summed E-state index contributed by atoms with van der Waals surface area (Å²) in [6.07, 6.45) is 4.72. The summed E-state index contributed by atoms with van der Waals surface area (Å²) in [6.45, 7) is 7.05. The van der Waals surface area contributed by atoms with Crippen molar-refractivity contribution in [2.45, 2.75) is 33.7 Å². The SMILES string of the molecule is C/C=c1/c(OCC)c2c(c(OCC)/c1=C/CP)CN(c1ccc(CC(=O)O)cc1)C2=O. The number of carboxylic acid groups (broad SMARTS) is 1. The first-order valence-electron chi connectivity index (χ1n) is 10.4. The minimum atomic E-state index is -0.888. The van der Waals surface area contributed by atoms with Crippen LogP contribution in [0.3, 0.4) is 0 Å². The van der Waals surface area contributed by atoms with Crippen molar-refractivity contribution in [2.75, 3.05) is 24.3 Å². The number of aliphatic carboxylic acids is 1. The summed E-state index contributed by atoms with van der Waals surface area (Å²) in [5, 5.41) is 10.8. The molecule has 0 bridgehead atoms. The fraction of sp³-hybridized carbons (Fsp3) is 0.333. The van der Waals surface area contributed by atoms with Gasteiger partial charge in [0, 0.05) is 21.7 Å². The topological polar surface area (TPSA) is 76.1 Å². The Morgan fingerprint density at radius 3 is 2.32 bits per heavy atom. The second-order valence-electron chi connectivity index (χ2n) is 7.06. The lowest BCUT2D eigenvalue weighted by Crippen LogP contribution is -2.32. The Morgan fingerprint density at radius 2 is 1.77 bits per heavy atom. The van der Waals surface area contributed by atoms with Crippen LogP contribution in [0.4, 0.5) is 5.69 Å². The molecule has 3 rings (SSSR count). The predicted octanol–water partition coefficient (Wildman–Crippen LogP) is 2.73. The van der Waals surface area contributed by atoms with Crippen LogP contribution in [0.1, 0.15) is 42.3 Å². The molecule has 0 saturated carbocycles. The molecule has 0 aromatic heterocycles. The number of rotatable bonds is 8. The van der Waals surface area contributed by atoms with E-state index in [1.54, 1.807) is 29.2 Å². The van der Waals surface area contributed by atoms with Gasteiger partial charge in [-0.15, -0.1) is 9.24 Å². The van der Waals surface area contributed by atoms with Gasteiger partial charge in [-0.25, -0.2) is 0 Å². The van der Waals surface area contributed by atoms with E-state index in [9.17, 15) is 9.59 Å². The number of amides is 1. The summed E-state index contributed by atoms with van der Waals surface area (Å²) in [4.78, 5) is 26.2. The van der Waals surface area contributed by atoms with Crippen molar-refractivity contribution in [3.63, 3.8) is 0 Å². The van der Waals surface area contributed by atoms with Crippen LogP contribution in [0.15, 0.2) is 24.3 Å². The van der Waals surface area contributed by atoms with Crippen molar-refractivity contribution in [1.29, 1.82) is 0 Å². The maximum atomic E-state index is 13.5. The Kier molecular flexibility index (Phi) is 7.34. The molecule has 1 atom stereocenters. The van der Waals surface area contributed by atoms with Crippen LogP contribution in [0.5, 0.6) is 11.5 Å². The molecule has 0 spiro atoms.